The second-order valence-electron chi connectivity index (χ2n) is 3.78. The van der Waals surface area contributed by atoms with Crippen molar-refractivity contribution in [3.63, 3.8) is 0 Å². The van der Waals surface area contributed by atoms with Crippen molar-refractivity contribution in [3.05, 3.63) is 23.4 Å². The third-order valence-corrected chi connectivity index (χ3v) is 2.81. The van der Waals surface area contributed by atoms with Crippen LogP contribution in [0.15, 0.2) is 18.2 Å². The summed E-state index contributed by atoms with van der Waals surface area (Å²) in [6.07, 6.45) is 2.86. The number of rotatable bonds is 3. The predicted octanol–water partition coefficient (Wildman–Crippen LogP) is 2.06. The Balaban J connectivity index is 1.91. The maximum atomic E-state index is 9.82. The lowest BCUT2D eigenvalue weighted by Gasteiger charge is -2.36. The highest BCUT2D eigenvalue weighted by molar-refractivity contribution is 6.29. The van der Waals surface area contributed by atoms with Gasteiger partial charge in [-0.05, 0) is 31.4 Å². The Labute approximate surface area is 88.1 Å². The third kappa shape index (κ3) is 2.16. The van der Waals surface area contributed by atoms with E-state index in [9.17, 15) is 5.11 Å². The van der Waals surface area contributed by atoms with E-state index in [1.807, 2.05) is 12.1 Å². The van der Waals surface area contributed by atoms with Gasteiger partial charge in [-0.3, -0.25) is 0 Å². The van der Waals surface area contributed by atoms with Crippen LogP contribution in [-0.2, 0) is 0 Å². The summed E-state index contributed by atoms with van der Waals surface area (Å²) in [7, 11) is 0. The topological polar surface area (TPSA) is 45.1 Å². The Morgan fingerprint density at radius 3 is 2.86 bits per heavy atom. The van der Waals surface area contributed by atoms with Gasteiger partial charge in [0.05, 0.1) is 5.60 Å². The van der Waals surface area contributed by atoms with E-state index < -0.39 is 5.60 Å². The van der Waals surface area contributed by atoms with Crippen LogP contribution in [0.1, 0.15) is 19.3 Å². The van der Waals surface area contributed by atoms with Crippen molar-refractivity contribution in [3.8, 4) is 0 Å². The highest BCUT2D eigenvalue weighted by atomic mass is 35.5. The zero-order valence-corrected chi connectivity index (χ0v) is 8.59. The van der Waals surface area contributed by atoms with Crippen LogP contribution in [0.25, 0.3) is 0 Å². The molecule has 2 N–H and O–H groups in total. The van der Waals surface area contributed by atoms with Crippen LogP contribution in [0.3, 0.4) is 0 Å². The summed E-state index contributed by atoms with van der Waals surface area (Å²) < 4.78 is 0. The van der Waals surface area contributed by atoms with E-state index >= 15 is 0 Å². The molecule has 1 aromatic heterocycles. The first-order valence-electron chi connectivity index (χ1n) is 4.77. The first-order valence-corrected chi connectivity index (χ1v) is 5.15. The zero-order chi connectivity index (χ0) is 10.0. The van der Waals surface area contributed by atoms with Gasteiger partial charge in [0, 0.05) is 6.54 Å². The fraction of sp³-hybridized carbons (Fsp3) is 0.500. The van der Waals surface area contributed by atoms with Crippen LogP contribution in [0.2, 0.25) is 5.15 Å². The molecule has 1 saturated carbocycles. The van der Waals surface area contributed by atoms with E-state index in [4.69, 9.17) is 11.6 Å². The molecule has 3 nitrogen and oxygen atoms in total. The first-order chi connectivity index (χ1) is 6.68. The Morgan fingerprint density at radius 1 is 1.50 bits per heavy atom. The van der Waals surface area contributed by atoms with Crippen molar-refractivity contribution >= 4 is 17.4 Å². The van der Waals surface area contributed by atoms with Gasteiger partial charge in [0.25, 0.3) is 0 Å². The lowest BCUT2D eigenvalue weighted by molar-refractivity contribution is -0.0202. The quantitative estimate of drug-likeness (QED) is 0.754. The van der Waals surface area contributed by atoms with Gasteiger partial charge in [-0.1, -0.05) is 17.7 Å². The SMILES string of the molecule is OC1(CNc2cccc(Cl)n2)CCC1. The second-order valence-corrected chi connectivity index (χ2v) is 4.16. The molecule has 2 rings (SSSR count). The molecule has 1 aliphatic rings. The monoisotopic (exact) mass is 212 g/mol. The van der Waals surface area contributed by atoms with Crippen molar-refractivity contribution in [2.24, 2.45) is 0 Å². The molecule has 1 heterocycles. The minimum atomic E-state index is -0.524. The number of nitrogens with one attached hydrogen (secondary N) is 1. The highest BCUT2D eigenvalue weighted by Gasteiger charge is 2.33. The fourth-order valence-corrected chi connectivity index (χ4v) is 1.69. The molecule has 0 unspecified atom stereocenters. The summed E-state index contributed by atoms with van der Waals surface area (Å²) in [5, 5.41) is 13.4. The van der Waals surface area contributed by atoms with E-state index in [2.05, 4.69) is 10.3 Å². The van der Waals surface area contributed by atoms with Crippen LogP contribution in [0.4, 0.5) is 5.82 Å². The van der Waals surface area contributed by atoms with Crippen molar-refractivity contribution in [1.82, 2.24) is 4.98 Å². The van der Waals surface area contributed by atoms with Crippen LogP contribution in [0.5, 0.6) is 0 Å². The van der Waals surface area contributed by atoms with E-state index in [-0.39, 0.29) is 0 Å². The van der Waals surface area contributed by atoms with E-state index in [1.54, 1.807) is 6.07 Å². The Kier molecular flexibility index (Phi) is 2.61. The van der Waals surface area contributed by atoms with Gasteiger partial charge in [-0.25, -0.2) is 4.98 Å². The molecule has 0 aliphatic heterocycles. The van der Waals surface area contributed by atoms with Crippen LogP contribution in [0, 0.1) is 0 Å². The maximum Gasteiger partial charge on any atom is 0.131 e. The molecule has 0 amide bonds. The predicted molar refractivity (Wildman–Crippen MR) is 56.5 cm³/mol. The number of halogens is 1. The number of anilines is 1. The average Bonchev–Trinajstić information content (AvgIpc) is 2.12. The number of hydrogen-bond donors (Lipinski definition) is 2. The molecule has 0 saturated heterocycles. The van der Waals surface area contributed by atoms with Gasteiger partial charge >= 0.3 is 0 Å². The zero-order valence-electron chi connectivity index (χ0n) is 7.83. The largest absolute Gasteiger partial charge is 0.388 e. The third-order valence-electron chi connectivity index (χ3n) is 2.60. The van der Waals surface area contributed by atoms with Crippen LogP contribution < -0.4 is 5.32 Å². The molecular weight excluding hydrogens is 200 g/mol. The van der Waals surface area contributed by atoms with Crippen LogP contribution in [-0.4, -0.2) is 22.2 Å². The summed E-state index contributed by atoms with van der Waals surface area (Å²) in [6.45, 7) is 0.556. The maximum absolute atomic E-state index is 9.82. The summed E-state index contributed by atoms with van der Waals surface area (Å²) in [5.74, 6) is 0.720. The lowest BCUT2D eigenvalue weighted by atomic mass is 9.80. The van der Waals surface area contributed by atoms with Crippen LogP contribution >= 0.6 is 11.6 Å². The van der Waals surface area contributed by atoms with Gasteiger partial charge < -0.3 is 10.4 Å². The molecule has 0 bridgehead atoms. The molecule has 0 radical (unpaired) electrons. The van der Waals surface area contributed by atoms with E-state index in [0.717, 1.165) is 25.1 Å². The van der Waals surface area contributed by atoms with Crippen molar-refractivity contribution in [2.45, 2.75) is 24.9 Å². The molecule has 0 spiro atoms. The number of aromatic nitrogens is 1. The van der Waals surface area contributed by atoms with E-state index in [0.29, 0.717) is 11.7 Å². The van der Waals surface area contributed by atoms with Crippen molar-refractivity contribution < 1.29 is 5.11 Å². The first kappa shape index (κ1) is 9.74. The average molecular weight is 213 g/mol. The van der Waals surface area contributed by atoms with Gasteiger partial charge in [0.1, 0.15) is 11.0 Å². The van der Waals surface area contributed by atoms with Crippen molar-refractivity contribution in [2.75, 3.05) is 11.9 Å². The molecular formula is C10H13ClN2O. The van der Waals surface area contributed by atoms with Crippen molar-refractivity contribution in [1.29, 1.82) is 0 Å². The molecule has 1 aliphatic carbocycles. The number of hydrogen-bond acceptors (Lipinski definition) is 3. The smallest absolute Gasteiger partial charge is 0.131 e. The number of pyridine rings is 1. The van der Waals surface area contributed by atoms with Gasteiger partial charge in [0.15, 0.2) is 0 Å². The molecule has 0 atom stereocenters. The molecule has 0 aromatic carbocycles. The summed E-state index contributed by atoms with van der Waals surface area (Å²) in [5.41, 5.74) is -0.524. The Morgan fingerprint density at radius 2 is 2.29 bits per heavy atom. The Bertz CT molecular complexity index is 326. The Hall–Kier alpha value is -0.800. The summed E-state index contributed by atoms with van der Waals surface area (Å²) in [4.78, 5) is 4.08. The van der Waals surface area contributed by atoms with Gasteiger partial charge in [0.2, 0.25) is 0 Å². The van der Waals surface area contributed by atoms with E-state index in [1.165, 1.54) is 0 Å². The lowest BCUT2D eigenvalue weighted by Crippen LogP contribution is -2.43. The fourth-order valence-electron chi connectivity index (χ4n) is 1.52. The highest BCUT2D eigenvalue weighted by Crippen LogP contribution is 2.31. The number of nitrogens with zero attached hydrogens (tertiary/aromatic N) is 1. The summed E-state index contributed by atoms with van der Waals surface area (Å²) >= 11 is 5.73. The molecule has 1 aromatic rings. The van der Waals surface area contributed by atoms with Gasteiger partial charge in [-0.15, -0.1) is 0 Å². The molecule has 1 fully saturated rings. The summed E-state index contributed by atoms with van der Waals surface area (Å²) in [6, 6.07) is 5.40. The minimum Gasteiger partial charge on any atom is -0.388 e. The standard InChI is InChI=1S/C10H13ClN2O/c11-8-3-1-4-9(13-8)12-7-10(14)5-2-6-10/h1,3-4,14H,2,5-7H2,(H,12,13). The second kappa shape index (κ2) is 3.75. The molecule has 14 heavy (non-hydrogen) atoms. The van der Waals surface area contributed by atoms with Gasteiger partial charge in [-0.2, -0.15) is 0 Å². The molecule has 76 valence electrons. The molecule has 4 heteroatoms. The minimum absolute atomic E-state index is 0.468. The normalized spacial score (nSPS) is 18.7. The number of aliphatic hydroxyl groups is 1.